The Morgan fingerprint density at radius 3 is 2.12 bits per heavy atom. The highest BCUT2D eigenvalue weighted by molar-refractivity contribution is 5.94. The number of nitrogens with zero attached hydrogens (tertiary/aromatic N) is 3. The Balaban J connectivity index is 1.57. The van der Waals surface area contributed by atoms with Crippen molar-refractivity contribution in [1.82, 2.24) is 14.8 Å². The van der Waals surface area contributed by atoms with E-state index in [0.29, 0.717) is 19.0 Å². The van der Waals surface area contributed by atoms with Crippen LogP contribution >= 0.6 is 0 Å². The Morgan fingerprint density at radius 2 is 1.53 bits per heavy atom. The minimum atomic E-state index is -0.435. The van der Waals surface area contributed by atoms with Gasteiger partial charge in [0.1, 0.15) is 11.5 Å². The molecule has 0 aliphatic carbocycles. The largest absolute Gasteiger partial charge is 0.496 e. The van der Waals surface area contributed by atoms with Crippen molar-refractivity contribution in [3.8, 4) is 11.5 Å². The number of anilines is 2. The molecule has 0 amide bonds. The molecule has 0 unspecified atom stereocenters. The maximum absolute atomic E-state index is 12.9. The Labute approximate surface area is 185 Å². The summed E-state index contributed by atoms with van der Waals surface area (Å²) in [6, 6.07) is 18.5. The fourth-order valence-corrected chi connectivity index (χ4v) is 3.19. The second-order valence-electron chi connectivity index (χ2n) is 6.78. The molecule has 0 bridgehead atoms. The molecule has 4 rings (SSSR count). The number of benzene rings is 2. The standard InChI is InChI=1S/C23H23N5O4/c1-30-18-10-5-3-8-16(18)14-24-22-26-23(25-15-17-9-4-6-11-19(17)31-2)28(27-22)21(29)20-12-7-13-32-20/h3-13H,14-15H2,1-2H3,(H2,24,25,26,27). The van der Waals surface area contributed by atoms with Crippen LogP contribution in [0.3, 0.4) is 0 Å². The van der Waals surface area contributed by atoms with Crippen LogP contribution in [-0.4, -0.2) is 34.9 Å². The SMILES string of the molecule is COc1ccccc1CNc1nc(NCc2ccccc2OC)n(C(=O)c2ccco2)n1. The monoisotopic (exact) mass is 433 g/mol. The van der Waals surface area contributed by atoms with E-state index in [4.69, 9.17) is 13.9 Å². The summed E-state index contributed by atoms with van der Waals surface area (Å²) >= 11 is 0. The topological polar surface area (TPSA) is 103 Å². The maximum atomic E-state index is 12.9. The first kappa shape index (κ1) is 21.0. The van der Waals surface area contributed by atoms with E-state index in [1.807, 2.05) is 48.5 Å². The van der Waals surface area contributed by atoms with Crippen LogP contribution in [0.4, 0.5) is 11.9 Å². The molecule has 0 saturated heterocycles. The first-order chi connectivity index (χ1) is 15.7. The van der Waals surface area contributed by atoms with Crippen LogP contribution in [0.2, 0.25) is 0 Å². The summed E-state index contributed by atoms with van der Waals surface area (Å²) in [5, 5.41) is 10.7. The predicted octanol–water partition coefficient (Wildman–Crippen LogP) is 3.80. The third-order valence-corrected chi connectivity index (χ3v) is 4.79. The van der Waals surface area contributed by atoms with Gasteiger partial charge < -0.3 is 24.5 Å². The van der Waals surface area contributed by atoms with Crippen LogP contribution in [0.5, 0.6) is 11.5 Å². The van der Waals surface area contributed by atoms with Gasteiger partial charge in [-0.2, -0.15) is 9.67 Å². The number of rotatable bonds is 9. The molecule has 0 radical (unpaired) electrons. The van der Waals surface area contributed by atoms with Gasteiger partial charge in [-0.15, -0.1) is 5.10 Å². The summed E-state index contributed by atoms with van der Waals surface area (Å²) < 4.78 is 17.2. The number of aromatic nitrogens is 3. The molecule has 0 atom stereocenters. The molecule has 0 fully saturated rings. The van der Waals surface area contributed by atoms with E-state index in [1.54, 1.807) is 26.4 Å². The minimum absolute atomic E-state index is 0.159. The lowest BCUT2D eigenvalue weighted by Crippen LogP contribution is -2.17. The normalized spacial score (nSPS) is 10.6. The molecule has 32 heavy (non-hydrogen) atoms. The van der Waals surface area contributed by atoms with Crippen LogP contribution in [0.15, 0.2) is 71.3 Å². The number of methoxy groups -OCH3 is 2. The number of para-hydroxylation sites is 2. The number of furan rings is 1. The molecule has 2 aromatic carbocycles. The number of hydrogen-bond donors (Lipinski definition) is 2. The number of hydrogen-bond acceptors (Lipinski definition) is 8. The lowest BCUT2D eigenvalue weighted by atomic mass is 10.2. The number of nitrogens with one attached hydrogen (secondary N) is 2. The van der Waals surface area contributed by atoms with Gasteiger partial charge in [0.25, 0.3) is 0 Å². The Kier molecular flexibility index (Phi) is 6.35. The Bertz CT molecular complexity index is 1190. The Morgan fingerprint density at radius 1 is 0.906 bits per heavy atom. The van der Waals surface area contributed by atoms with Crippen molar-refractivity contribution in [3.05, 3.63) is 83.8 Å². The van der Waals surface area contributed by atoms with Gasteiger partial charge in [0, 0.05) is 24.2 Å². The van der Waals surface area contributed by atoms with E-state index < -0.39 is 5.91 Å². The van der Waals surface area contributed by atoms with E-state index in [0.717, 1.165) is 22.6 Å². The quantitative estimate of drug-likeness (QED) is 0.411. The summed E-state index contributed by atoms with van der Waals surface area (Å²) in [6.07, 6.45) is 1.44. The smallest absolute Gasteiger partial charge is 0.317 e. The average molecular weight is 433 g/mol. The van der Waals surface area contributed by atoms with E-state index in [2.05, 4.69) is 20.7 Å². The van der Waals surface area contributed by atoms with Gasteiger partial charge in [-0.05, 0) is 24.3 Å². The van der Waals surface area contributed by atoms with Gasteiger partial charge in [0.15, 0.2) is 5.76 Å². The number of carbonyl (C=O) groups is 1. The molecule has 2 aromatic heterocycles. The first-order valence-electron chi connectivity index (χ1n) is 9.96. The molecule has 9 nitrogen and oxygen atoms in total. The summed E-state index contributed by atoms with van der Waals surface area (Å²) in [6.45, 7) is 0.814. The molecule has 0 saturated carbocycles. The first-order valence-corrected chi connectivity index (χ1v) is 9.96. The zero-order chi connectivity index (χ0) is 22.3. The second kappa shape index (κ2) is 9.69. The maximum Gasteiger partial charge on any atom is 0.317 e. The summed E-state index contributed by atoms with van der Waals surface area (Å²) in [4.78, 5) is 17.4. The van der Waals surface area contributed by atoms with E-state index in [-0.39, 0.29) is 11.7 Å². The molecular formula is C23H23N5O4. The minimum Gasteiger partial charge on any atom is -0.496 e. The molecule has 0 aliphatic heterocycles. The highest BCUT2D eigenvalue weighted by Gasteiger charge is 2.20. The molecule has 2 N–H and O–H groups in total. The highest BCUT2D eigenvalue weighted by atomic mass is 16.5. The van der Waals surface area contributed by atoms with Crippen LogP contribution in [0.25, 0.3) is 0 Å². The van der Waals surface area contributed by atoms with Crippen molar-refractivity contribution in [2.24, 2.45) is 0 Å². The Hall–Kier alpha value is -4.27. The van der Waals surface area contributed by atoms with Crippen molar-refractivity contribution >= 4 is 17.8 Å². The summed E-state index contributed by atoms with van der Waals surface area (Å²) in [5.74, 6) is 1.78. The molecule has 9 heteroatoms. The molecule has 164 valence electrons. The lowest BCUT2D eigenvalue weighted by Gasteiger charge is -2.09. The van der Waals surface area contributed by atoms with Crippen molar-refractivity contribution in [3.63, 3.8) is 0 Å². The van der Waals surface area contributed by atoms with Crippen molar-refractivity contribution in [2.45, 2.75) is 13.1 Å². The van der Waals surface area contributed by atoms with Gasteiger partial charge in [0.2, 0.25) is 11.9 Å². The van der Waals surface area contributed by atoms with Crippen LogP contribution in [0, 0.1) is 0 Å². The molecule has 4 aromatic rings. The average Bonchev–Trinajstić information content (AvgIpc) is 3.52. The summed E-state index contributed by atoms with van der Waals surface area (Å²) in [7, 11) is 3.23. The zero-order valence-electron chi connectivity index (χ0n) is 17.7. The second-order valence-corrected chi connectivity index (χ2v) is 6.78. The zero-order valence-corrected chi connectivity index (χ0v) is 17.7. The van der Waals surface area contributed by atoms with Crippen molar-refractivity contribution in [1.29, 1.82) is 0 Å². The van der Waals surface area contributed by atoms with E-state index >= 15 is 0 Å². The third-order valence-electron chi connectivity index (χ3n) is 4.79. The van der Waals surface area contributed by atoms with Gasteiger partial charge in [0.05, 0.1) is 20.5 Å². The van der Waals surface area contributed by atoms with Gasteiger partial charge in [-0.25, -0.2) is 0 Å². The van der Waals surface area contributed by atoms with Gasteiger partial charge in [-0.3, -0.25) is 4.79 Å². The summed E-state index contributed by atoms with van der Waals surface area (Å²) in [5.41, 5.74) is 1.85. The highest BCUT2D eigenvalue weighted by Crippen LogP contribution is 2.21. The van der Waals surface area contributed by atoms with Crippen molar-refractivity contribution in [2.75, 3.05) is 24.9 Å². The third kappa shape index (κ3) is 4.56. The van der Waals surface area contributed by atoms with Crippen LogP contribution in [0.1, 0.15) is 21.7 Å². The fourth-order valence-electron chi connectivity index (χ4n) is 3.19. The molecule has 0 spiro atoms. The van der Waals surface area contributed by atoms with Gasteiger partial charge >= 0.3 is 5.91 Å². The fraction of sp³-hybridized carbons (Fsp3) is 0.174. The van der Waals surface area contributed by atoms with Crippen LogP contribution in [-0.2, 0) is 13.1 Å². The van der Waals surface area contributed by atoms with E-state index in [9.17, 15) is 4.79 Å². The van der Waals surface area contributed by atoms with E-state index in [1.165, 1.54) is 10.9 Å². The number of carbonyl (C=O) groups excluding carboxylic acids is 1. The van der Waals surface area contributed by atoms with Crippen LogP contribution < -0.4 is 20.1 Å². The van der Waals surface area contributed by atoms with Crippen molar-refractivity contribution < 1.29 is 18.7 Å². The molecular weight excluding hydrogens is 410 g/mol. The molecule has 0 aliphatic rings. The number of ether oxygens (including phenoxy) is 2. The predicted molar refractivity (Wildman–Crippen MR) is 119 cm³/mol. The van der Waals surface area contributed by atoms with Gasteiger partial charge in [-0.1, -0.05) is 36.4 Å². The molecule has 2 heterocycles. The lowest BCUT2D eigenvalue weighted by molar-refractivity contribution is 0.0920.